The van der Waals surface area contributed by atoms with Gasteiger partial charge in [-0.25, -0.2) is 0 Å². The number of nitrogens with zero attached hydrogens (tertiary/aromatic N) is 1. The van der Waals surface area contributed by atoms with E-state index < -0.39 is 0 Å². The van der Waals surface area contributed by atoms with Crippen molar-refractivity contribution >= 4 is 5.91 Å². The summed E-state index contributed by atoms with van der Waals surface area (Å²) in [5, 5.41) is 0. The molecule has 0 aliphatic carbocycles. The first-order valence-electron chi connectivity index (χ1n) is 10.5. The Hall–Kier alpha value is -1.95. The van der Waals surface area contributed by atoms with Gasteiger partial charge >= 0.3 is 0 Å². The van der Waals surface area contributed by atoms with Gasteiger partial charge < -0.3 is 24.0 Å². The van der Waals surface area contributed by atoms with Crippen LogP contribution in [0.15, 0.2) is 12.1 Å². The van der Waals surface area contributed by atoms with E-state index >= 15 is 0 Å². The first kappa shape index (κ1) is 20.8. The van der Waals surface area contributed by atoms with Crippen LogP contribution in [0, 0.1) is 0 Å². The number of nitrogens with one attached hydrogen (secondary N) is 1. The van der Waals surface area contributed by atoms with Crippen molar-refractivity contribution in [3.8, 4) is 17.2 Å². The molecule has 6 heteroatoms. The van der Waals surface area contributed by atoms with Gasteiger partial charge in [0.05, 0.1) is 40.5 Å². The third-order valence-corrected chi connectivity index (χ3v) is 6.63. The summed E-state index contributed by atoms with van der Waals surface area (Å²) in [5.41, 5.74) is 0.601. The van der Waals surface area contributed by atoms with E-state index in [1.165, 1.54) is 12.8 Å². The van der Waals surface area contributed by atoms with Gasteiger partial charge in [0.2, 0.25) is 5.75 Å². The largest absolute Gasteiger partial charge is 0.493 e. The van der Waals surface area contributed by atoms with Crippen LogP contribution in [-0.4, -0.2) is 63.9 Å². The molecule has 0 spiro atoms. The minimum absolute atomic E-state index is 0.0663. The number of amides is 1. The highest BCUT2D eigenvalue weighted by Crippen LogP contribution is 2.39. The zero-order valence-electron chi connectivity index (χ0n) is 17.9. The topological polar surface area (TPSA) is 52.4 Å². The highest BCUT2D eigenvalue weighted by Gasteiger charge is 2.45. The molecule has 0 aromatic heterocycles. The molecule has 1 N–H and O–H groups in total. The predicted octanol–water partition coefficient (Wildman–Crippen LogP) is 2.16. The average molecular weight is 392 g/mol. The molecule has 2 fully saturated rings. The van der Waals surface area contributed by atoms with Crippen molar-refractivity contribution in [1.29, 1.82) is 0 Å². The fourth-order valence-electron chi connectivity index (χ4n) is 4.95. The summed E-state index contributed by atoms with van der Waals surface area (Å²) < 4.78 is 16.3. The molecule has 2 aliphatic heterocycles. The number of carbonyl (C=O) groups is 1. The number of rotatable bonds is 8. The van der Waals surface area contributed by atoms with Crippen LogP contribution in [0.3, 0.4) is 0 Å². The molecule has 156 valence electrons. The Morgan fingerprint density at radius 3 is 2.11 bits per heavy atom. The van der Waals surface area contributed by atoms with Gasteiger partial charge in [-0.05, 0) is 18.6 Å². The Kier molecular flexibility index (Phi) is 6.70. The van der Waals surface area contributed by atoms with Crippen molar-refractivity contribution in [2.45, 2.75) is 63.6 Å². The fourth-order valence-corrected chi connectivity index (χ4v) is 4.95. The number of unbranched alkanes of at least 4 members (excludes halogenated alkanes) is 1. The first-order valence-corrected chi connectivity index (χ1v) is 10.5. The van der Waals surface area contributed by atoms with Crippen LogP contribution in [0.1, 0.15) is 55.8 Å². The molecule has 0 radical (unpaired) electrons. The highest BCUT2D eigenvalue weighted by atomic mass is 16.5. The lowest BCUT2D eigenvalue weighted by Crippen LogP contribution is -3.15. The van der Waals surface area contributed by atoms with E-state index in [1.54, 1.807) is 38.4 Å². The zero-order valence-corrected chi connectivity index (χ0v) is 17.9. The molecule has 2 unspecified atom stereocenters. The van der Waals surface area contributed by atoms with Crippen LogP contribution in [0.25, 0.3) is 0 Å². The smallest absolute Gasteiger partial charge is 0.254 e. The zero-order chi connectivity index (χ0) is 20.3. The second-order valence-corrected chi connectivity index (χ2v) is 8.11. The molecule has 6 nitrogen and oxygen atoms in total. The number of piperidine rings is 1. The maximum atomic E-state index is 13.6. The Bertz CT molecular complexity index is 654. The summed E-state index contributed by atoms with van der Waals surface area (Å²) in [5.74, 6) is 1.63. The molecule has 2 aliphatic rings. The number of hydrogen-bond donors (Lipinski definition) is 1. The molecule has 0 saturated carbocycles. The van der Waals surface area contributed by atoms with E-state index in [0.29, 0.717) is 40.9 Å². The van der Waals surface area contributed by atoms with Crippen molar-refractivity contribution in [3.05, 3.63) is 17.7 Å². The SMILES string of the molecule is CCCCN(C(=O)c1cc(OC)c(OC)c(OC)c1)C1C[C@H]2CC[C@@H](C1)[NH+]2C. The quantitative estimate of drug-likeness (QED) is 0.738. The van der Waals surface area contributed by atoms with E-state index in [9.17, 15) is 4.79 Å². The molecule has 1 amide bonds. The molecule has 2 bridgehead atoms. The molecule has 1 aromatic carbocycles. The van der Waals surface area contributed by atoms with Crippen LogP contribution in [0.5, 0.6) is 17.2 Å². The third kappa shape index (κ3) is 3.93. The van der Waals surface area contributed by atoms with Gasteiger partial charge in [0, 0.05) is 43.8 Å². The van der Waals surface area contributed by atoms with Crippen LogP contribution < -0.4 is 19.1 Å². The summed E-state index contributed by atoms with van der Waals surface area (Å²) in [6.45, 7) is 2.97. The first-order chi connectivity index (χ1) is 13.5. The summed E-state index contributed by atoms with van der Waals surface area (Å²) in [6, 6.07) is 5.23. The van der Waals surface area contributed by atoms with Gasteiger partial charge in [0.1, 0.15) is 0 Å². The third-order valence-electron chi connectivity index (χ3n) is 6.63. The van der Waals surface area contributed by atoms with Crippen molar-refractivity contribution in [3.63, 3.8) is 0 Å². The van der Waals surface area contributed by atoms with Crippen molar-refractivity contribution in [2.75, 3.05) is 34.9 Å². The Morgan fingerprint density at radius 1 is 1.07 bits per heavy atom. The molecule has 1 aromatic rings. The van der Waals surface area contributed by atoms with Crippen molar-refractivity contribution in [1.82, 2.24) is 4.90 Å². The van der Waals surface area contributed by atoms with Gasteiger partial charge in [0.25, 0.3) is 5.91 Å². The Balaban J connectivity index is 1.89. The van der Waals surface area contributed by atoms with Crippen LogP contribution in [0.2, 0.25) is 0 Å². The highest BCUT2D eigenvalue weighted by molar-refractivity contribution is 5.96. The maximum Gasteiger partial charge on any atom is 0.254 e. The fraction of sp³-hybridized carbons (Fsp3) is 0.682. The van der Waals surface area contributed by atoms with E-state index in [1.807, 2.05) is 0 Å². The van der Waals surface area contributed by atoms with Crippen LogP contribution in [0.4, 0.5) is 0 Å². The Labute approximate surface area is 168 Å². The standard InChI is InChI=1S/C22H34N2O4/c1-6-7-10-24(18-13-16-8-9-17(14-18)23(16)2)22(25)15-11-19(26-3)21(28-5)20(12-15)27-4/h11-12,16-18H,6-10,13-14H2,1-5H3/p+1/t16-,17+,18?. The van der Waals surface area contributed by atoms with Gasteiger partial charge in [-0.3, -0.25) is 4.79 Å². The molecular weight excluding hydrogens is 356 g/mol. The van der Waals surface area contributed by atoms with Crippen molar-refractivity contribution < 1.29 is 23.9 Å². The Morgan fingerprint density at radius 2 is 1.64 bits per heavy atom. The number of benzene rings is 1. The molecule has 3 rings (SSSR count). The van der Waals surface area contributed by atoms with E-state index in [4.69, 9.17) is 14.2 Å². The molecule has 28 heavy (non-hydrogen) atoms. The number of quaternary nitrogens is 1. The van der Waals surface area contributed by atoms with Gasteiger partial charge in [-0.15, -0.1) is 0 Å². The summed E-state index contributed by atoms with van der Waals surface area (Å²) in [4.78, 5) is 17.3. The predicted molar refractivity (Wildman–Crippen MR) is 109 cm³/mol. The minimum atomic E-state index is 0.0663. The van der Waals surface area contributed by atoms with Gasteiger partial charge in [-0.1, -0.05) is 13.3 Å². The second-order valence-electron chi connectivity index (χ2n) is 8.11. The molecule has 2 saturated heterocycles. The van der Waals surface area contributed by atoms with Crippen LogP contribution >= 0.6 is 0 Å². The molecule has 4 atom stereocenters. The molecular formula is C22H35N2O4+. The number of ether oxygens (including phenoxy) is 3. The minimum Gasteiger partial charge on any atom is -0.493 e. The number of hydrogen-bond acceptors (Lipinski definition) is 4. The maximum absolute atomic E-state index is 13.6. The number of carbonyl (C=O) groups excluding carboxylic acids is 1. The van der Waals surface area contributed by atoms with Gasteiger partial charge in [0.15, 0.2) is 11.5 Å². The molecule has 2 heterocycles. The van der Waals surface area contributed by atoms with Crippen molar-refractivity contribution in [2.24, 2.45) is 0 Å². The summed E-state index contributed by atoms with van der Waals surface area (Å²) >= 11 is 0. The van der Waals surface area contributed by atoms with Crippen LogP contribution in [-0.2, 0) is 0 Å². The number of fused-ring (bicyclic) bond motifs is 2. The summed E-state index contributed by atoms with van der Waals surface area (Å²) in [7, 11) is 7.05. The lowest BCUT2D eigenvalue weighted by atomic mass is 9.95. The van der Waals surface area contributed by atoms with Gasteiger partial charge in [-0.2, -0.15) is 0 Å². The second kappa shape index (κ2) is 9.03. The van der Waals surface area contributed by atoms with E-state index in [-0.39, 0.29) is 5.91 Å². The number of methoxy groups -OCH3 is 3. The lowest BCUT2D eigenvalue weighted by Gasteiger charge is -2.40. The van der Waals surface area contributed by atoms with E-state index in [0.717, 1.165) is 32.2 Å². The average Bonchev–Trinajstić information content (AvgIpc) is 2.93. The lowest BCUT2D eigenvalue weighted by molar-refractivity contribution is -0.922. The normalized spacial score (nSPS) is 26.0. The monoisotopic (exact) mass is 391 g/mol. The van der Waals surface area contributed by atoms with E-state index in [2.05, 4.69) is 18.9 Å². The summed E-state index contributed by atoms with van der Waals surface area (Å²) in [6.07, 6.45) is 6.86.